The fourth-order valence-corrected chi connectivity index (χ4v) is 2.99. The van der Waals surface area contributed by atoms with Gasteiger partial charge in [0.05, 0.1) is 0 Å². The van der Waals surface area contributed by atoms with Gasteiger partial charge in [-0.1, -0.05) is 6.92 Å². The minimum absolute atomic E-state index is 0. The summed E-state index contributed by atoms with van der Waals surface area (Å²) in [5.74, 6) is 1.78. The molecule has 1 fully saturated rings. The average Bonchev–Trinajstić information content (AvgIpc) is 2.95. The topological polar surface area (TPSA) is 68.2 Å². The van der Waals surface area contributed by atoms with Gasteiger partial charge in [-0.2, -0.15) is 5.10 Å². The molecule has 1 aromatic rings. The Bertz CT molecular complexity index is 461. The van der Waals surface area contributed by atoms with E-state index in [1.165, 1.54) is 12.8 Å². The lowest BCUT2D eigenvalue weighted by atomic mass is 9.84. The Balaban J connectivity index is 0.00000264. The largest absolute Gasteiger partial charge is 0.385 e. The maximum absolute atomic E-state index is 12.1. The van der Waals surface area contributed by atoms with Crippen molar-refractivity contribution < 1.29 is 9.53 Å². The number of carbonyl (C=O) groups excluding carboxylic acids is 1. The average molecular weight is 345 g/mol. The third-order valence-electron chi connectivity index (χ3n) is 4.34. The standard InChI is InChI=1S/C16H28N4O2.ClH/c1-13(14-4-7-17-8-5-14)12-16(21)18-15-6-10-20(19-15)9-3-11-22-2;/h6,10,13-14,17H,3-5,7-9,11-12H2,1-2H3,(H,18,19,21);1H. The summed E-state index contributed by atoms with van der Waals surface area (Å²) in [6.07, 6.45) is 5.71. The summed E-state index contributed by atoms with van der Waals surface area (Å²) in [6, 6.07) is 1.85. The Morgan fingerprint density at radius 3 is 2.96 bits per heavy atom. The first-order valence-corrected chi connectivity index (χ1v) is 8.22. The quantitative estimate of drug-likeness (QED) is 0.710. The van der Waals surface area contributed by atoms with Gasteiger partial charge in [-0.25, -0.2) is 0 Å². The summed E-state index contributed by atoms with van der Waals surface area (Å²) in [4.78, 5) is 12.1. The van der Waals surface area contributed by atoms with Crippen LogP contribution in [0, 0.1) is 11.8 Å². The maximum atomic E-state index is 12.1. The molecule has 1 saturated heterocycles. The first kappa shape index (κ1) is 19.9. The van der Waals surface area contributed by atoms with E-state index < -0.39 is 0 Å². The highest BCUT2D eigenvalue weighted by molar-refractivity contribution is 5.89. The number of hydrogen-bond acceptors (Lipinski definition) is 4. The molecule has 0 aromatic carbocycles. The van der Waals surface area contributed by atoms with Crippen molar-refractivity contribution in [2.75, 3.05) is 32.1 Å². The van der Waals surface area contributed by atoms with Crippen LogP contribution in [0.4, 0.5) is 5.82 Å². The molecule has 0 bridgehead atoms. The van der Waals surface area contributed by atoms with Gasteiger partial charge in [0, 0.05) is 38.9 Å². The van der Waals surface area contributed by atoms with Gasteiger partial charge < -0.3 is 15.4 Å². The summed E-state index contributed by atoms with van der Waals surface area (Å²) < 4.78 is 6.86. The third kappa shape index (κ3) is 6.89. The number of anilines is 1. The van der Waals surface area contributed by atoms with Crippen LogP contribution in [0.25, 0.3) is 0 Å². The van der Waals surface area contributed by atoms with Crippen molar-refractivity contribution in [2.24, 2.45) is 11.8 Å². The van der Waals surface area contributed by atoms with Gasteiger partial charge in [0.25, 0.3) is 0 Å². The number of methoxy groups -OCH3 is 1. The van der Waals surface area contributed by atoms with Crippen molar-refractivity contribution in [3.63, 3.8) is 0 Å². The zero-order valence-electron chi connectivity index (χ0n) is 14.1. The number of rotatable bonds is 8. The number of halogens is 1. The highest BCUT2D eigenvalue weighted by Crippen LogP contribution is 2.24. The molecule has 0 aliphatic carbocycles. The molecule has 1 unspecified atom stereocenters. The van der Waals surface area contributed by atoms with Crippen molar-refractivity contribution in [3.8, 4) is 0 Å². The lowest BCUT2D eigenvalue weighted by Crippen LogP contribution is -2.32. The Kier molecular flexibility index (Phi) is 9.21. The molecule has 23 heavy (non-hydrogen) atoms. The maximum Gasteiger partial charge on any atom is 0.225 e. The van der Waals surface area contributed by atoms with Crippen LogP contribution < -0.4 is 10.6 Å². The lowest BCUT2D eigenvalue weighted by molar-refractivity contribution is -0.117. The van der Waals surface area contributed by atoms with Crippen LogP contribution in [0.15, 0.2) is 12.3 Å². The first-order chi connectivity index (χ1) is 10.7. The van der Waals surface area contributed by atoms with Gasteiger partial charge in [0.15, 0.2) is 5.82 Å². The summed E-state index contributed by atoms with van der Waals surface area (Å²) in [5, 5.41) is 10.6. The van der Waals surface area contributed by atoms with Crippen molar-refractivity contribution in [3.05, 3.63) is 12.3 Å². The van der Waals surface area contributed by atoms with E-state index in [1.807, 2.05) is 16.9 Å². The zero-order valence-corrected chi connectivity index (χ0v) is 14.9. The van der Waals surface area contributed by atoms with Gasteiger partial charge in [-0.15, -0.1) is 12.4 Å². The molecule has 2 N–H and O–H groups in total. The number of aryl methyl sites for hydroxylation is 1. The third-order valence-corrected chi connectivity index (χ3v) is 4.34. The van der Waals surface area contributed by atoms with Gasteiger partial charge >= 0.3 is 0 Å². The fourth-order valence-electron chi connectivity index (χ4n) is 2.99. The van der Waals surface area contributed by atoms with Crippen molar-refractivity contribution in [2.45, 2.75) is 39.2 Å². The molecule has 6 nitrogen and oxygen atoms in total. The molecule has 1 atom stereocenters. The molecule has 1 aliphatic rings. The van der Waals surface area contributed by atoms with E-state index in [0.717, 1.165) is 32.7 Å². The second-order valence-electron chi connectivity index (χ2n) is 6.13. The van der Waals surface area contributed by atoms with E-state index in [-0.39, 0.29) is 18.3 Å². The lowest BCUT2D eigenvalue weighted by Gasteiger charge is -2.27. The van der Waals surface area contributed by atoms with Crippen LogP contribution in [-0.4, -0.2) is 42.5 Å². The molecule has 0 radical (unpaired) electrons. The van der Waals surface area contributed by atoms with E-state index in [2.05, 4.69) is 22.7 Å². The summed E-state index contributed by atoms with van der Waals surface area (Å²) in [7, 11) is 1.69. The molecule has 0 spiro atoms. The molecular weight excluding hydrogens is 316 g/mol. The second-order valence-corrected chi connectivity index (χ2v) is 6.13. The van der Waals surface area contributed by atoms with Crippen LogP contribution in [0.1, 0.15) is 32.6 Å². The first-order valence-electron chi connectivity index (χ1n) is 8.22. The molecule has 132 valence electrons. The number of ether oxygens (including phenoxy) is 1. The Hall–Kier alpha value is -1.11. The number of carbonyl (C=O) groups is 1. The highest BCUT2D eigenvalue weighted by atomic mass is 35.5. The van der Waals surface area contributed by atoms with Crippen LogP contribution in [0.2, 0.25) is 0 Å². The van der Waals surface area contributed by atoms with Crippen LogP contribution in [-0.2, 0) is 16.1 Å². The number of nitrogens with zero attached hydrogens (tertiary/aromatic N) is 2. The predicted molar refractivity (Wildman–Crippen MR) is 94.0 cm³/mol. The van der Waals surface area contributed by atoms with Crippen LogP contribution >= 0.6 is 12.4 Å². The minimum atomic E-state index is 0. The van der Waals surface area contributed by atoms with E-state index in [1.54, 1.807) is 7.11 Å². The molecule has 1 aromatic heterocycles. The van der Waals surface area contributed by atoms with E-state index >= 15 is 0 Å². The smallest absolute Gasteiger partial charge is 0.225 e. The second kappa shape index (κ2) is 10.6. The van der Waals surface area contributed by atoms with Crippen molar-refractivity contribution >= 4 is 24.1 Å². The van der Waals surface area contributed by atoms with Crippen LogP contribution in [0.5, 0.6) is 0 Å². The molecule has 2 rings (SSSR count). The predicted octanol–water partition coefficient (Wildman–Crippen LogP) is 2.31. The normalized spacial score (nSPS) is 16.6. The Morgan fingerprint density at radius 1 is 1.52 bits per heavy atom. The number of piperidine rings is 1. The molecule has 7 heteroatoms. The van der Waals surface area contributed by atoms with Gasteiger partial charge in [-0.3, -0.25) is 9.48 Å². The Morgan fingerprint density at radius 2 is 2.26 bits per heavy atom. The van der Waals surface area contributed by atoms with Crippen LogP contribution in [0.3, 0.4) is 0 Å². The minimum Gasteiger partial charge on any atom is -0.385 e. The Labute approximate surface area is 144 Å². The molecule has 0 saturated carbocycles. The number of hydrogen-bond donors (Lipinski definition) is 2. The molecule has 2 heterocycles. The molecule has 1 aliphatic heterocycles. The van der Waals surface area contributed by atoms with Gasteiger partial charge in [-0.05, 0) is 44.2 Å². The summed E-state index contributed by atoms with van der Waals surface area (Å²) >= 11 is 0. The van der Waals surface area contributed by atoms with Crippen molar-refractivity contribution in [1.82, 2.24) is 15.1 Å². The van der Waals surface area contributed by atoms with Crippen molar-refractivity contribution in [1.29, 1.82) is 0 Å². The zero-order chi connectivity index (χ0) is 15.8. The van der Waals surface area contributed by atoms with Gasteiger partial charge in [0.2, 0.25) is 5.91 Å². The summed E-state index contributed by atoms with van der Waals surface area (Å²) in [6.45, 7) is 5.84. The number of nitrogens with one attached hydrogen (secondary N) is 2. The molecule has 1 amide bonds. The van der Waals surface area contributed by atoms with Gasteiger partial charge in [0.1, 0.15) is 0 Å². The fraction of sp³-hybridized carbons (Fsp3) is 0.750. The van der Waals surface area contributed by atoms with E-state index in [4.69, 9.17) is 4.74 Å². The highest BCUT2D eigenvalue weighted by Gasteiger charge is 2.22. The monoisotopic (exact) mass is 344 g/mol. The number of aromatic nitrogens is 2. The molecular formula is C16H29ClN4O2. The SMILES string of the molecule is COCCCn1ccc(NC(=O)CC(C)C2CCNCC2)n1.Cl. The summed E-state index contributed by atoms with van der Waals surface area (Å²) in [5.41, 5.74) is 0. The number of amides is 1. The van der Waals surface area contributed by atoms with E-state index in [0.29, 0.717) is 24.1 Å². The van der Waals surface area contributed by atoms with E-state index in [9.17, 15) is 4.79 Å².